The number of ether oxygens (including phenoxy) is 1. The summed E-state index contributed by atoms with van der Waals surface area (Å²) in [5, 5.41) is 4.83. The molecule has 0 radical (unpaired) electrons. The summed E-state index contributed by atoms with van der Waals surface area (Å²) in [4.78, 5) is 25.3. The molecule has 7 nitrogen and oxygen atoms in total. The summed E-state index contributed by atoms with van der Waals surface area (Å²) in [6, 6.07) is 0. The van der Waals surface area contributed by atoms with Crippen LogP contribution in [0.1, 0.15) is 0 Å². The molecule has 13 heavy (non-hydrogen) atoms. The van der Waals surface area contributed by atoms with Crippen molar-refractivity contribution in [1.29, 1.82) is 0 Å². The SMILES string of the molecule is COC(=O)NCCNC(=O)CON. The molecule has 0 atom stereocenters. The van der Waals surface area contributed by atoms with Gasteiger partial charge in [-0.05, 0) is 0 Å². The van der Waals surface area contributed by atoms with Crippen molar-refractivity contribution in [3.8, 4) is 0 Å². The summed E-state index contributed by atoms with van der Waals surface area (Å²) in [6.07, 6.45) is -0.538. The highest BCUT2D eigenvalue weighted by Crippen LogP contribution is 1.70. The fourth-order valence-electron chi connectivity index (χ4n) is 0.565. The van der Waals surface area contributed by atoms with Gasteiger partial charge < -0.3 is 15.4 Å². The molecule has 0 aliphatic rings. The van der Waals surface area contributed by atoms with Crippen LogP contribution >= 0.6 is 0 Å². The first-order chi connectivity index (χ1) is 6.20. The molecule has 0 aromatic carbocycles. The van der Waals surface area contributed by atoms with Crippen LogP contribution in [-0.2, 0) is 14.4 Å². The molecule has 0 fully saturated rings. The molecular formula is C6H13N3O4. The summed E-state index contributed by atoms with van der Waals surface area (Å²) >= 11 is 0. The molecule has 7 heteroatoms. The Bertz CT molecular complexity index is 173. The fourth-order valence-corrected chi connectivity index (χ4v) is 0.565. The number of hydrogen-bond acceptors (Lipinski definition) is 5. The lowest BCUT2D eigenvalue weighted by molar-refractivity contribution is -0.125. The van der Waals surface area contributed by atoms with Crippen LogP contribution in [0.2, 0.25) is 0 Å². The molecule has 0 aromatic rings. The summed E-state index contributed by atoms with van der Waals surface area (Å²) in [6.45, 7) is 0.401. The quantitative estimate of drug-likeness (QED) is 0.357. The molecule has 2 amide bonds. The average molecular weight is 191 g/mol. The lowest BCUT2D eigenvalue weighted by Crippen LogP contribution is -2.36. The Morgan fingerprint density at radius 1 is 1.31 bits per heavy atom. The summed E-state index contributed by atoms with van der Waals surface area (Å²) in [7, 11) is 1.26. The Morgan fingerprint density at radius 3 is 2.46 bits per heavy atom. The molecule has 0 saturated carbocycles. The predicted molar refractivity (Wildman–Crippen MR) is 43.6 cm³/mol. The van der Waals surface area contributed by atoms with Crippen LogP contribution in [0, 0.1) is 0 Å². The Kier molecular flexibility index (Phi) is 6.56. The van der Waals surface area contributed by atoms with Crippen LogP contribution < -0.4 is 16.5 Å². The van der Waals surface area contributed by atoms with E-state index in [-0.39, 0.29) is 12.5 Å². The van der Waals surface area contributed by atoms with Gasteiger partial charge in [-0.3, -0.25) is 9.63 Å². The van der Waals surface area contributed by atoms with Crippen molar-refractivity contribution < 1.29 is 19.2 Å². The van der Waals surface area contributed by atoms with Gasteiger partial charge in [-0.1, -0.05) is 0 Å². The topological polar surface area (TPSA) is 103 Å². The smallest absolute Gasteiger partial charge is 0.406 e. The molecular weight excluding hydrogens is 178 g/mol. The Labute approximate surface area is 75.5 Å². The number of hydrogen-bond donors (Lipinski definition) is 3. The second-order valence-electron chi connectivity index (χ2n) is 2.08. The predicted octanol–water partition coefficient (Wildman–Crippen LogP) is -1.65. The minimum Gasteiger partial charge on any atom is -0.453 e. The number of alkyl carbamates (subject to hydrolysis) is 1. The zero-order valence-corrected chi connectivity index (χ0v) is 7.33. The molecule has 0 saturated heterocycles. The second-order valence-corrected chi connectivity index (χ2v) is 2.08. The first-order valence-corrected chi connectivity index (χ1v) is 3.61. The molecule has 0 heterocycles. The number of carbonyl (C=O) groups is 2. The number of amides is 2. The molecule has 0 aliphatic heterocycles. The van der Waals surface area contributed by atoms with E-state index in [0.717, 1.165) is 0 Å². The van der Waals surface area contributed by atoms with E-state index in [1.54, 1.807) is 0 Å². The van der Waals surface area contributed by atoms with Crippen molar-refractivity contribution in [2.75, 3.05) is 26.8 Å². The van der Waals surface area contributed by atoms with Crippen molar-refractivity contribution in [3.63, 3.8) is 0 Å². The third kappa shape index (κ3) is 7.04. The van der Waals surface area contributed by atoms with Crippen molar-refractivity contribution in [3.05, 3.63) is 0 Å². The lowest BCUT2D eigenvalue weighted by atomic mass is 10.5. The highest BCUT2D eigenvalue weighted by molar-refractivity contribution is 5.77. The average Bonchev–Trinajstić information content (AvgIpc) is 2.12. The molecule has 0 aromatic heterocycles. The van der Waals surface area contributed by atoms with Crippen LogP contribution in [-0.4, -0.2) is 38.8 Å². The molecule has 4 N–H and O–H groups in total. The summed E-state index contributed by atoms with van der Waals surface area (Å²) in [5.41, 5.74) is 0. The van der Waals surface area contributed by atoms with Crippen molar-refractivity contribution >= 4 is 12.0 Å². The van der Waals surface area contributed by atoms with Crippen molar-refractivity contribution in [1.82, 2.24) is 10.6 Å². The minimum atomic E-state index is -0.538. The van der Waals surface area contributed by atoms with E-state index in [4.69, 9.17) is 0 Å². The van der Waals surface area contributed by atoms with Gasteiger partial charge in [0.2, 0.25) is 5.91 Å². The van der Waals surface area contributed by atoms with Gasteiger partial charge in [-0.25, -0.2) is 10.7 Å². The second kappa shape index (κ2) is 7.32. The van der Waals surface area contributed by atoms with Gasteiger partial charge in [0.25, 0.3) is 0 Å². The molecule has 0 rings (SSSR count). The third-order valence-electron chi connectivity index (χ3n) is 1.12. The molecule has 0 aliphatic carbocycles. The van der Waals surface area contributed by atoms with Gasteiger partial charge in [-0.2, -0.15) is 0 Å². The van der Waals surface area contributed by atoms with E-state index in [9.17, 15) is 9.59 Å². The Morgan fingerprint density at radius 2 is 1.92 bits per heavy atom. The van der Waals surface area contributed by atoms with E-state index in [1.165, 1.54) is 7.11 Å². The Balaban J connectivity index is 3.25. The zero-order chi connectivity index (χ0) is 10.1. The van der Waals surface area contributed by atoms with E-state index in [2.05, 4.69) is 26.1 Å². The zero-order valence-electron chi connectivity index (χ0n) is 7.33. The van der Waals surface area contributed by atoms with Gasteiger partial charge in [0.15, 0.2) is 0 Å². The van der Waals surface area contributed by atoms with Crippen LogP contribution in [0.5, 0.6) is 0 Å². The molecule has 76 valence electrons. The maximum absolute atomic E-state index is 10.7. The molecule has 0 spiro atoms. The van der Waals surface area contributed by atoms with Gasteiger partial charge in [-0.15, -0.1) is 0 Å². The van der Waals surface area contributed by atoms with Crippen LogP contribution in [0.3, 0.4) is 0 Å². The third-order valence-corrected chi connectivity index (χ3v) is 1.12. The van der Waals surface area contributed by atoms with Crippen molar-refractivity contribution in [2.24, 2.45) is 5.90 Å². The first kappa shape index (κ1) is 11.7. The molecule has 0 bridgehead atoms. The van der Waals surface area contributed by atoms with Crippen LogP contribution in [0.4, 0.5) is 4.79 Å². The number of carbonyl (C=O) groups excluding carboxylic acids is 2. The fraction of sp³-hybridized carbons (Fsp3) is 0.667. The van der Waals surface area contributed by atoms with E-state index in [1.807, 2.05) is 0 Å². The highest BCUT2D eigenvalue weighted by Gasteiger charge is 2.00. The summed E-state index contributed by atoms with van der Waals surface area (Å²) in [5.74, 6) is 4.31. The number of rotatable bonds is 5. The number of nitrogens with two attached hydrogens (primary N) is 1. The number of methoxy groups -OCH3 is 1. The minimum absolute atomic E-state index is 0.196. The van der Waals surface area contributed by atoms with E-state index < -0.39 is 6.09 Å². The van der Waals surface area contributed by atoms with Gasteiger partial charge >= 0.3 is 6.09 Å². The molecule has 0 unspecified atom stereocenters. The van der Waals surface area contributed by atoms with Gasteiger partial charge in [0, 0.05) is 13.1 Å². The van der Waals surface area contributed by atoms with Crippen LogP contribution in [0.15, 0.2) is 0 Å². The maximum atomic E-state index is 10.7. The summed E-state index contributed by atoms with van der Waals surface area (Å²) < 4.78 is 4.30. The maximum Gasteiger partial charge on any atom is 0.406 e. The van der Waals surface area contributed by atoms with Crippen LogP contribution in [0.25, 0.3) is 0 Å². The van der Waals surface area contributed by atoms with Gasteiger partial charge in [0.1, 0.15) is 6.61 Å². The number of nitrogens with one attached hydrogen (secondary N) is 2. The van der Waals surface area contributed by atoms with Gasteiger partial charge in [0.05, 0.1) is 7.11 Å². The lowest BCUT2D eigenvalue weighted by Gasteiger charge is -2.04. The normalized spacial score (nSPS) is 9.08. The van der Waals surface area contributed by atoms with E-state index >= 15 is 0 Å². The largest absolute Gasteiger partial charge is 0.453 e. The standard InChI is InChI=1S/C6H13N3O4/c1-12-6(11)9-3-2-8-5(10)4-13-7/h2-4,7H2,1H3,(H,8,10)(H,9,11). The first-order valence-electron chi connectivity index (χ1n) is 3.61. The van der Waals surface area contributed by atoms with E-state index in [0.29, 0.717) is 13.1 Å². The Hall–Kier alpha value is -1.34. The van der Waals surface area contributed by atoms with Crippen molar-refractivity contribution in [2.45, 2.75) is 0 Å². The highest BCUT2D eigenvalue weighted by atomic mass is 16.6. The monoisotopic (exact) mass is 191 g/mol.